The van der Waals surface area contributed by atoms with Gasteiger partial charge in [-0.1, -0.05) is 25.0 Å². The lowest BCUT2D eigenvalue weighted by molar-refractivity contribution is 0.0700. The van der Waals surface area contributed by atoms with Gasteiger partial charge in [0, 0.05) is 0 Å². The number of halogens is 1. The molecule has 1 saturated carbocycles. The summed E-state index contributed by atoms with van der Waals surface area (Å²) in [6.07, 6.45) is 5.08. The van der Waals surface area contributed by atoms with E-state index in [0.717, 1.165) is 31.2 Å². The van der Waals surface area contributed by atoms with Crippen molar-refractivity contribution < 1.29 is 9.50 Å². The fraction of sp³-hybridized carbons (Fsp3) is 0.538. The number of benzene rings is 1. The van der Waals surface area contributed by atoms with Crippen LogP contribution >= 0.6 is 0 Å². The molecule has 0 aromatic heterocycles. The van der Waals surface area contributed by atoms with Crippen molar-refractivity contribution in [2.45, 2.75) is 38.2 Å². The monoisotopic (exact) mass is 208 g/mol. The smallest absolute Gasteiger partial charge is 0.123 e. The summed E-state index contributed by atoms with van der Waals surface area (Å²) in [5, 5.41) is 9.81. The molecule has 0 spiro atoms. The zero-order valence-electron chi connectivity index (χ0n) is 8.82. The van der Waals surface area contributed by atoms with Gasteiger partial charge in [0.05, 0.1) is 6.10 Å². The summed E-state index contributed by atoms with van der Waals surface area (Å²) in [4.78, 5) is 0. The lowest BCUT2D eigenvalue weighted by Gasteiger charge is -2.27. The van der Waals surface area contributed by atoms with E-state index < -0.39 is 0 Å². The first-order chi connectivity index (χ1) is 7.25. The van der Waals surface area contributed by atoms with E-state index in [4.69, 9.17) is 0 Å². The molecule has 2 unspecified atom stereocenters. The standard InChI is InChI=1S/C13H17FO/c14-12-7-5-10(6-8-12)9-11-3-1-2-4-13(11)15/h5-8,11,13,15H,1-4,9H2. The maximum absolute atomic E-state index is 12.7. The highest BCUT2D eigenvalue weighted by Gasteiger charge is 2.22. The third-order valence-electron chi connectivity index (χ3n) is 3.28. The first kappa shape index (κ1) is 10.6. The Morgan fingerprint density at radius 1 is 1.13 bits per heavy atom. The minimum absolute atomic E-state index is 0.163. The van der Waals surface area contributed by atoms with E-state index in [1.165, 1.54) is 18.6 Å². The minimum Gasteiger partial charge on any atom is -0.393 e. The molecule has 1 aromatic carbocycles. The highest BCUT2D eigenvalue weighted by molar-refractivity contribution is 5.16. The molecule has 1 aromatic rings. The molecule has 0 aliphatic heterocycles. The lowest BCUT2D eigenvalue weighted by atomic mass is 9.82. The van der Waals surface area contributed by atoms with Crippen molar-refractivity contribution in [3.8, 4) is 0 Å². The molecule has 0 heterocycles. The second-order valence-electron chi connectivity index (χ2n) is 4.44. The van der Waals surface area contributed by atoms with Crippen LogP contribution in [-0.2, 0) is 6.42 Å². The van der Waals surface area contributed by atoms with E-state index in [1.54, 1.807) is 0 Å². The summed E-state index contributed by atoms with van der Waals surface area (Å²) in [6, 6.07) is 6.61. The minimum atomic E-state index is -0.192. The molecule has 15 heavy (non-hydrogen) atoms. The molecule has 1 fully saturated rings. The molecule has 0 radical (unpaired) electrons. The highest BCUT2D eigenvalue weighted by Crippen LogP contribution is 2.27. The molecule has 1 N–H and O–H groups in total. The van der Waals surface area contributed by atoms with E-state index in [2.05, 4.69) is 0 Å². The Labute approximate surface area is 89.9 Å². The van der Waals surface area contributed by atoms with Gasteiger partial charge in [0.15, 0.2) is 0 Å². The van der Waals surface area contributed by atoms with Crippen LogP contribution in [0.15, 0.2) is 24.3 Å². The average molecular weight is 208 g/mol. The van der Waals surface area contributed by atoms with Gasteiger partial charge in [0.1, 0.15) is 5.82 Å². The fourth-order valence-electron chi connectivity index (χ4n) is 2.35. The van der Waals surface area contributed by atoms with Gasteiger partial charge in [-0.3, -0.25) is 0 Å². The van der Waals surface area contributed by atoms with Crippen molar-refractivity contribution in [1.82, 2.24) is 0 Å². The van der Waals surface area contributed by atoms with Crippen LogP contribution in [0, 0.1) is 11.7 Å². The van der Waals surface area contributed by atoms with Crippen LogP contribution in [0.2, 0.25) is 0 Å². The van der Waals surface area contributed by atoms with Crippen molar-refractivity contribution in [1.29, 1.82) is 0 Å². The number of rotatable bonds is 2. The van der Waals surface area contributed by atoms with Crippen LogP contribution in [0.3, 0.4) is 0 Å². The van der Waals surface area contributed by atoms with E-state index >= 15 is 0 Å². The van der Waals surface area contributed by atoms with E-state index in [-0.39, 0.29) is 11.9 Å². The molecule has 1 aliphatic rings. The number of aliphatic hydroxyl groups excluding tert-OH is 1. The summed E-state index contributed by atoms with van der Waals surface area (Å²) in [5.74, 6) is 0.173. The Kier molecular flexibility index (Phi) is 3.37. The van der Waals surface area contributed by atoms with Crippen LogP contribution in [0.5, 0.6) is 0 Å². The molecule has 0 saturated heterocycles. The second-order valence-corrected chi connectivity index (χ2v) is 4.44. The Morgan fingerprint density at radius 3 is 2.47 bits per heavy atom. The molecule has 0 amide bonds. The number of hydrogen-bond acceptors (Lipinski definition) is 1. The molecule has 82 valence electrons. The Morgan fingerprint density at radius 2 is 1.80 bits per heavy atom. The average Bonchev–Trinajstić information content (AvgIpc) is 2.25. The summed E-state index contributed by atoms with van der Waals surface area (Å²) in [5.41, 5.74) is 1.13. The topological polar surface area (TPSA) is 20.2 Å². The third kappa shape index (κ3) is 2.78. The normalized spacial score (nSPS) is 26.5. The predicted octanol–water partition coefficient (Wildman–Crippen LogP) is 2.92. The summed E-state index contributed by atoms with van der Waals surface area (Å²) in [7, 11) is 0. The Balaban J connectivity index is 1.98. The van der Waals surface area contributed by atoms with Crippen LogP contribution < -0.4 is 0 Å². The van der Waals surface area contributed by atoms with E-state index in [1.807, 2.05) is 12.1 Å². The quantitative estimate of drug-likeness (QED) is 0.792. The van der Waals surface area contributed by atoms with Gasteiger partial charge in [-0.25, -0.2) is 4.39 Å². The maximum Gasteiger partial charge on any atom is 0.123 e. The first-order valence-corrected chi connectivity index (χ1v) is 5.68. The van der Waals surface area contributed by atoms with Crippen molar-refractivity contribution in [3.05, 3.63) is 35.6 Å². The fourth-order valence-corrected chi connectivity index (χ4v) is 2.35. The van der Waals surface area contributed by atoms with Gasteiger partial charge in [-0.05, 0) is 42.9 Å². The molecule has 2 rings (SSSR count). The zero-order valence-corrected chi connectivity index (χ0v) is 8.82. The second kappa shape index (κ2) is 4.75. The van der Waals surface area contributed by atoms with Gasteiger partial charge < -0.3 is 5.11 Å². The third-order valence-corrected chi connectivity index (χ3v) is 3.28. The molecule has 1 nitrogen and oxygen atoms in total. The Bertz CT molecular complexity index is 307. The van der Waals surface area contributed by atoms with Gasteiger partial charge >= 0.3 is 0 Å². The van der Waals surface area contributed by atoms with E-state index in [9.17, 15) is 9.50 Å². The number of hydrogen-bond donors (Lipinski definition) is 1. The van der Waals surface area contributed by atoms with E-state index in [0.29, 0.717) is 5.92 Å². The van der Waals surface area contributed by atoms with Crippen molar-refractivity contribution in [2.24, 2.45) is 5.92 Å². The Hall–Kier alpha value is -0.890. The largest absolute Gasteiger partial charge is 0.393 e. The zero-order chi connectivity index (χ0) is 10.7. The lowest BCUT2D eigenvalue weighted by Crippen LogP contribution is -2.26. The summed E-state index contributed by atoms with van der Waals surface area (Å²) < 4.78 is 12.7. The van der Waals surface area contributed by atoms with Crippen molar-refractivity contribution in [3.63, 3.8) is 0 Å². The van der Waals surface area contributed by atoms with Crippen LogP contribution in [0.4, 0.5) is 4.39 Å². The van der Waals surface area contributed by atoms with Gasteiger partial charge in [0.25, 0.3) is 0 Å². The molecule has 1 aliphatic carbocycles. The van der Waals surface area contributed by atoms with Crippen LogP contribution in [-0.4, -0.2) is 11.2 Å². The molecule has 2 atom stereocenters. The van der Waals surface area contributed by atoms with Crippen LogP contribution in [0.1, 0.15) is 31.2 Å². The molecule has 0 bridgehead atoms. The summed E-state index contributed by atoms with van der Waals surface area (Å²) in [6.45, 7) is 0. The SMILES string of the molecule is OC1CCCCC1Cc1ccc(F)cc1. The molecular weight excluding hydrogens is 191 g/mol. The van der Waals surface area contributed by atoms with Gasteiger partial charge in [0.2, 0.25) is 0 Å². The molecular formula is C13H17FO. The molecule has 2 heteroatoms. The first-order valence-electron chi connectivity index (χ1n) is 5.68. The van der Waals surface area contributed by atoms with Crippen LogP contribution in [0.25, 0.3) is 0 Å². The highest BCUT2D eigenvalue weighted by atomic mass is 19.1. The summed E-state index contributed by atoms with van der Waals surface area (Å²) >= 11 is 0. The predicted molar refractivity (Wildman–Crippen MR) is 58.1 cm³/mol. The van der Waals surface area contributed by atoms with Crippen molar-refractivity contribution in [2.75, 3.05) is 0 Å². The van der Waals surface area contributed by atoms with Crippen molar-refractivity contribution >= 4 is 0 Å². The van der Waals surface area contributed by atoms with Gasteiger partial charge in [-0.15, -0.1) is 0 Å². The van der Waals surface area contributed by atoms with Gasteiger partial charge in [-0.2, -0.15) is 0 Å². The number of aliphatic hydroxyl groups is 1. The maximum atomic E-state index is 12.7.